The summed E-state index contributed by atoms with van der Waals surface area (Å²) in [5.74, 6) is -0.135. The highest BCUT2D eigenvalue weighted by atomic mass is 35.5. The Morgan fingerprint density at radius 3 is 2.76 bits per heavy atom. The van der Waals surface area contributed by atoms with Crippen LogP contribution < -0.4 is 5.32 Å². The van der Waals surface area contributed by atoms with Crippen molar-refractivity contribution in [3.8, 4) is 0 Å². The van der Waals surface area contributed by atoms with E-state index in [0.717, 1.165) is 10.9 Å². The average Bonchev–Trinajstić information content (AvgIpc) is 2.87. The van der Waals surface area contributed by atoms with Crippen LogP contribution in [-0.4, -0.2) is 15.8 Å². The van der Waals surface area contributed by atoms with E-state index in [4.69, 9.17) is 11.6 Å². The zero-order chi connectivity index (χ0) is 15.6. The van der Waals surface area contributed by atoms with Crippen LogP contribution in [0.25, 0.3) is 0 Å². The van der Waals surface area contributed by atoms with Gasteiger partial charge in [0.2, 0.25) is 0 Å². The number of thiazole rings is 1. The van der Waals surface area contributed by atoms with Crippen LogP contribution in [0.15, 0.2) is 24.4 Å². The molecule has 0 aliphatic heterocycles. The van der Waals surface area contributed by atoms with Crippen LogP contribution in [0.1, 0.15) is 35.0 Å². The fraction of sp³-hybridized carbons (Fsp3) is 0.231. The Kier molecular flexibility index (Phi) is 4.54. The summed E-state index contributed by atoms with van der Waals surface area (Å²) in [5.41, 5.74) is -0.140. The molecule has 8 heteroatoms. The molecule has 110 valence electrons. The first-order chi connectivity index (χ1) is 9.88. The molecule has 0 saturated heterocycles. The van der Waals surface area contributed by atoms with Gasteiger partial charge >= 0.3 is 0 Å². The number of hydrogen-bond donors (Lipinski definition) is 1. The normalized spacial score (nSPS) is 10.7. The quantitative estimate of drug-likeness (QED) is 0.678. The maximum Gasteiger partial charge on any atom is 0.288 e. The summed E-state index contributed by atoms with van der Waals surface area (Å²) in [6, 6.07) is 3.91. The molecule has 0 atom stereocenters. The number of amides is 1. The lowest BCUT2D eigenvalue weighted by molar-refractivity contribution is -0.384. The lowest BCUT2D eigenvalue weighted by atomic mass is 10.2. The van der Waals surface area contributed by atoms with E-state index in [1.807, 2.05) is 13.8 Å². The number of carbonyl (C=O) groups excluding carboxylic acids is 1. The third-order valence-electron chi connectivity index (χ3n) is 2.72. The zero-order valence-corrected chi connectivity index (χ0v) is 12.9. The van der Waals surface area contributed by atoms with Crippen LogP contribution in [0.5, 0.6) is 0 Å². The summed E-state index contributed by atoms with van der Waals surface area (Å²) in [5, 5.41) is 13.9. The molecule has 1 amide bonds. The van der Waals surface area contributed by atoms with Gasteiger partial charge in [-0.3, -0.25) is 20.2 Å². The minimum absolute atomic E-state index is 0.00658. The lowest BCUT2D eigenvalue weighted by Gasteiger charge is -2.02. The van der Waals surface area contributed by atoms with Gasteiger partial charge in [-0.25, -0.2) is 4.98 Å². The van der Waals surface area contributed by atoms with Gasteiger partial charge in [-0.15, -0.1) is 11.3 Å². The van der Waals surface area contributed by atoms with Crippen LogP contribution in [-0.2, 0) is 0 Å². The summed E-state index contributed by atoms with van der Waals surface area (Å²) < 4.78 is 0. The average molecular weight is 326 g/mol. The van der Waals surface area contributed by atoms with Crippen LogP contribution in [0.3, 0.4) is 0 Å². The molecule has 0 radical (unpaired) electrons. The number of nitrogens with zero attached hydrogens (tertiary/aromatic N) is 2. The minimum atomic E-state index is -0.626. The fourth-order valence-corrected chi connectivity index (χ4v) is 2.57. The Morgan fingerprint density at radius 1 is 1.48 bits per heavy atom. The molecule has 2 aromatic rings. The summed E-state index contributed by atoms with van der Waals surface area (Å²) in [7, 11) is 0. The van der Waals surface area contributed by atoms with Crippen LogP contribution >= 0.6 is 22.9 Å². The summed E-state index contributed by atoms with van der Waals surface area (Å²) in [4.78, 5) is 27.4. The Labute approximate surface area is 129 Å². The molecule has 1 aromatic heterocycles. The Balaban J connectivity index is 2.20. The van der Waals surface area contributed by atoms with E-state index in [9.17, 15) is 14.9 Å². The number of benzene rings is 1. The molecule has 0 saturated carbocycles. The van der Waals surface area contributed by atoms with E-state index in [-0.39, 0.29) is 16.3 Å². The highest BCUT2D eigenvalue weighted by Gasteiger charge is 2.17. The molecule has 1 N–H and O–H groups in total. The largest absolute Gasteiger partial charge is 0.298 e. The molecule has 0 spiro atoms. The second kappa shape index (κ2) is 6.19. The molecule has 0 aliphatic rings. The number of nitro groups is 1. The summed E-state index contributed by atoms with van der Waals surface area (Å²) >= 11 is 7.09. The fourth-order valence-electron chi connectivity index (χ4n) is 1.57. The van der Waals surface area contributed by atoms with Crippen molar-refractivity contribution < 1.29 is 9.72 Å². The first-order valence-electron chi connectivity index (χ1n) is 6.09. The molecular weight excluding hydrogens is 314 g/mol. The van der Waals surface area contributed by atoms with Crippen LogP contribution in [0.4, 0.5) is 10.8 Å². The number of rotatable bonds is 4. The molecule has 0 bridgehead atoms. The van der Waals surface area contributed by atoms with Crippen molar-refractivity contribution in [1.29, 1.82) is 0 Å². The number of carbonyl (C=O) groups is 1. The Hall–Kier alpha value is -1.99. The van der Waals surface area contributed by atoms with Gasteiger partial charge in [-0.2, -0.15) is 0 Å². The standard InChI is InChI=1S/C13H12ClN3O3S/c1-7(2)11-6-15-13(21-11)16-12(18)8-3-4-9(14)10(5-8)17(19)20/h3-7H,1-2H3,(H,15,16,18). The topological polar surface area (TPSA) is 85.1 Å². The predicted molar refractivity (Wildman–Crippen MR) is 82.3 cm³/mol. The SMILES string of the molecule is CC(C)c1cnc(NC(=O)c2ccc(Cl)c([N+](=O)[O-])c2)s1. The second-order valence-electron chi connectivity index (χ2n) is 4.60. The molecule has 1 heterocycles. The molecule has 0 aliphatic carbocycles. The van der Waals surface area contributed by atoms with Crippen LogP contribution in [0, 0.1) is 10.1 Å². The Bertz CT molecular complexity index is 700. The zero-order valence-electron chi connectivity index (χ0n) is 11.3. The van der Waals surface area contributed by atoms with Crippen molar-refractivity contribution in [2.75, 3.05) is 5.32 Å². The lowest BCUT2D eigenvalue weighted by Crippen LogP contribution is -2.11. The van der Waals surface area contributed by atoms with E-state index >= 15 is 0 Å². The van der Waals surface area contributed by atoms with Crippen LogP contribution in [0.2, 0.25) is 5.02 Å². The second-order valence-corrected chi connectivity index (χ2v) is 6.07. The van der Waals surface area contributed by atoms with Gasteiger partial charge in [-0.1, -0.05) is 25.4 Å². The van der Waals surface area contributed by atoms with E-state index < -0.39 is 10.8 Å². The van der Waals surface area contributed by atoms with Crippen molar-refractivity contribution in [3.63, 3.8) is 0 Å². The van der Waals surface area contributed by atoms with Gasteiger partial charge in [0.05, 0.1) is 4.92 Å². The van der Waals surface area contributed by atoms with Gasteiger partial charge in [-0.05, 0) is 18.1 Å². The van der Waals surface area contributed by atoms with Crippen molar-refractivity contribution in [2.45, 2.75) is 19.8 Å². The third kappa shape index (κ3) is 3.56. The summed E-state index contributed by atoms with van der Waals surface area (Å²) in [6.07, 6.45) is 1.70. The van der Waals surface area contributed by atoms with Gasteiger partial charge in [0.1, 0.15) is 5.02 Å². The van der Waals surface area contributed by atoms with Gasteiger partial charge in [0.25, 0.3) is 11.6 Å². The number of halogens is 1. The number of nitro benzene ring substituents is 1. The maximum atomic E-state index is 12.1. The molecular formula is C13H12ClN3O3S. The molecule has 6 nitrogen and oxygen atoms in total. The van der Waals surface area contributed by atoms with Crippen molar-refractivity contribution in [2.24, 2.45) is 0 Å². The molecule has 0 fully saturated rings. The van der Waals surface area contributed by atoms with Gasteiger partial charge < -0.3 is 0 Å². The monoisotopic (exact) mass is 325 g/mol. The van der Waals surface area contributed by atoms with Crippen molar-refractivity contribution >= 4 is 39.7 Å². The highest BCUT2D eigenvalue weighted by Crippen LogP contribution is 2.27. The van der Waals surface area contributed by atoms with Crippen molar-refractivity contribution in [1.82, 2.24) is 4.98 Å². The van der Waals surface area contributed by atoms with Gasteiger partial charge in [0, 0.05) is 22.7 Å². The van der Waals surface area contributed by atoms with E-state index in [1.165, 1.54) is 23.5 Å². The van der Waals surface area contributed by atoms with E-state index in [1.54, 1.807) is 6.20 Å². The number of nitrogens with one attached hydrogen (secondary N) is 1. The first-order valence-corrected chi connectivity index (χ1v) is 7.29. The predicted octanol–water partition coefficient (Wildman–Crippen LogP) is 4.08. The maximum absolute atomic E-state index is 12.1. The molecule has 1 aromatic carbocycles. The minimum Gasteiger partial charge on any atom is -0.298 e. The summed E-state index contributed by atoms with van der Waals surface area (Å²) in [6.45, 7) is 4.06. The molecule has 21 heavy (non-hydrogen) atoms. The van der Waals surface area contributed by atoms with Gasteiger partial charge in [0.15, 0.2) is 5.13 Å². The third-order valence-corrected chi connectivity index (χ3v) is 4.25. The van der Waals surface area contributed by atoms with E-state index in [0.29, 0.717) is 11.0 Å². The molecule has 2 rings (SSSR count). The molecule has 0 unspecified atom stereocenters. The van der Waals surface area contributed by atoms with E-state index in [2.05, 4.69) is 10.3 Å². The number of anilines is 1. The highest BCUT2D eigenvalue weighted by molar-refractivity contribution is 7.15. The number of aromatic nitrogens is 1. The number of hydrogen-bond acceptors (Lipinski definition) is 5. The smallest absolute Gasteiger partial charge is 0.288 e. The Morgan fingerprint density at radius 2 is 2.19 bits per heavy atom. The van der Waals surface area contributed by atoms with Crippen molar-refractivity contribution in [3.05, 3.63) is 50.0 Å². The first kappa shape index (κ1) is 15.4.